The molecule has 0 aliphatic carbocycles. The number of hydrogen-bond acceptors (Lipinski definition) is 4. The highest BCUT2D eigenvalue weighted by atomic mass is 79.9. The normalized spacial score (nSPS) is 13.9. The first-order valence-electron chi connectivity index (χ1n) is 7.09. The Hall–Kier alpha value is -2.54. The van der Waals surface area contributed by atoms with Gasteiger partial charge in [-0.15, -0.1) is 0 Å². The van der Waals surface area contributed by atoms with E-state index in [1.807, 2.05) is 30.3 Å². The molecule has 0 spiro atoms. The fraction of sp³-hybridized carbons (Fsp3) is 0.125. The number of aromatic amines is 1. The minimum atomic E-state index is -0.316. The first kappa shape index (κ1) is 14.1. The summed E-state index contributed by atoms with van der Waals surface area (Å²) < 4.78 is 0.366. The zero-order valence-corrected chi connectivity index (χ0v) is 13.5. The van der Waals surface area contributed by atoms with Gasteiger partial charge in [-0.05, 0) is 27.9 Å². The Labute approximate surface area is 139 Å². The lowest BCUT2D eigenvalue weighted by Crippen LogP contribution is -2.31. The molecule has 0 saturated heterocycles. The van der Waals surface area contributed by atoms with Crippen molar-refractivity contribution in [2.24, 2.45) is 0 Å². The number of halogens is 1. The fourth-order valence-corrected chi connectivity index (χ4v) is 3.35. The van der Waals surface area contributed by atoms with Gasteiger partial charge in [0, 0.05) is 6.54 Å². The van der Waals surface area contributed by atoms with Crippen molar-refractivity contribution < 1.29 is 9.59 Å². The lowest BCUT2D eigenvalue weighted by atomic mass is 10.1. The summed E-state index contributed by atoms with van der Waals surface area (Å²) in [6.45, 7) is 0.335. The second kappa shape index (κ2) is 5.27. The summed E-state index contributed by atoms with van der Waals surface area (Å²) in [5.41, 5.74) is 2.25. The number of H-pyrrole nitrogens is 1. The van der Waals surface area contributed by atoms with Crippen LogP contribution in [0.15, 0.2) is 41.1 Å². The molecular weight excluding hydrogens is 360 g/mol. The Morgan fingerprint density at radius 2 is 1.83 bits per heavy atom. The quantitative estimate of drug-likeness (QED) is 0.567. The van der Waals surface area contributed by atoms with Gasteiger partial charge in [-0.25, -0.2) is 4.98 Å². The molecule has 0 unspecified atom stereocenters. The number of amides is 2. The van der Waals surface area contributed by atoms with Crippen LogP contribution in [-0.4, -0.2) is 38.4 Å². The standard InChI is InChI=1S/C16H11BrN4O2/c17-13-12-11(10-8-18-20-14(10)19-13)15(22)21(16(12)23)7-6-9-4-2-1-3-5-9/h1-5,8H,6-7H2,(H,18,19,20). The van der Waals surface area contributed by atoms with Crippen LogP contribution in [-0.2, 0) is 6.42 Å². The molecule has 4 rings (SSSR count). The van der Waals surface area contributed by atoms with Gasteiger partial charge in [0.05, 0.1) is 22.7 Å². The summed E-state index contributed by atoms with van der Waals surface area (Å²) in [5, 5.41) is 7.21. The number of nitrogens with one attached hydrogen (secondary N) is 1. The summed E-state index contributed by atoms with van der Waals surface area (Å²) >= 11 is 3.29. The SMILES string of the molecule is O=C1c2c(Br)nc3[nH]ncc3c2C(=O)N1CCc1ccccc1. The third-order valence-electron chi connectivity index (χ3n) is 3.94. The van der Waals surface area contributed by atoms with Gasteiger partial charge in [0.1, 0.15) is 4.60 Å². The van der Waals surface area contributed by atoms with E-state index in [1.165, 1.54) is 11.1 Å². The molecule has 1 N–H and O–H groups in total. The van der Waals surface area contributed by atoms with Gasteiger partial charge in [0.25, 0.3) is 11.8 Å². The molecule has 1 aliphatic heterocycles. The van der Waals surface area contributed by atoms with E-state index < -0.39 is 0 Å². The summed E-state index contributed by atoms with van der Waals surface area (Å²) in [6.07, 6.45) is 2.14. The van der Waals surface area contributed by atoms with Crippen molar-refractivity contribution >= 4 is 38.8 Å². The van der Waals surface area contributed by atoms with Gasteiger partial charge in [-0.2, -0.15) is 5.10 Å². The van der Waals surface area contributed by atoms with Gasteiger partial charge in [-0.3, -0.25) is 19.6 Å². The predicted octanol–water partition coefficient (Wildman–Crippen LogP) is 2.56. The number of carbonyl (C=O) groups excluding carboxylic acids is 2. The molecule has 114 valence electrons. The van der Waals surface area contributed by atoms with E-state index in [4.69, 9.17) is 0 Å². The lowest BCUT2D eigenvalue weighted by molar-refractivity contribution is 0.0656. The van der Waals surface area contributed by atoms with E-state index in [1.54, 1.807) is 0 Å². The van der Waals surface area contributed by atoms with Crippen LogP contribution < -0.4 is 0 Å². The highest BCUT2D eigenvalue weighted by Gasteiger charge is 2.39. The van der Waals surface area contributed by atoms with Gasteiger partial charge >= 0.3 is 0 Å². The maximum absolute atomic E-state index is 12.7. The molecule has 0 bridgehead atoms. The average molecular weight is 371 g/mol. The number of nitrogens with zero attached hydrogens (tertiary/aromatic N) is 3. The van der Waals surface area contributed by atoms with Crippen LogP contribution in [0.2, 0.25) is 0 Å². The number of aromatic nitrogens is 3. The van der Waals surface area contributed by atoms with Crippen molar-refractivity contribution in [3.8, 4) is 0 Å². The lowest BCUT2D eigenvalue weighted by Gasteiger charge is -2.13. The van der Waals surface area contributed by atoms with Gasteiger partial charge in [-0.1, -0.05) is 30.3 Å². The first-order chi connectivity index (χ1) is 11.2. The smallest absolute Gasteiger partial charge is 0.264 e. The molecule has 7 heteroatoms. The van der Waals surface area contributed by atoms with Gasteiger partial charge < -0.3 is 0 Å². The molecule has 1 aliphatic rings. The summed E-state index contributed by atoms with van der Waals surface area (Å²) in [5.74, 6) is -0.612. The zero-order valence-electron chi connectivity index (χ0n) is 11.9. The van der Waals surface area contributed by atoms with Gasteiger partial charge in [0.2, 0.25) is 0 Å². The second-order valence-corrected chi connectivity index (χ2v) is 6.03. The van der Waals surface area contributed by atoms with Crippen LogP contribution in [0.3, 0.4) is 0 Å². The van der Waals surface area contributed by atoms with Crippen LogP contribution in [0.4, 0.5) is 0 Å². The molecule has 6 nitrogen and oxygen atoms in total. The molecule has 3 heterocycles. The molecule has 3 aromatic rings. The fourth-order valence-electron chi connectivity index (χ4n) is 2.81. The minimum absolute atomic E-state index is 0.296. The Bertz CT molecular complexity index is 936. The van der Waals surface area contributed by atoms with E-state index in [2.05, 4.69) is 31.1 Å². The molecule has 0 radical (unpaired) electrons. The number of carbonyl (C=O) groups is 2. The van der Waals surface area contributed by atoms with Crippen LogP contribution >= 0.6 is 15.9 Å². The maximum Gasteiger partial charge on any atom is 0.264 e. The third-order valence-corrected chi connectivity index (χ3v) is 4.51. The van der Waals surface area contributed by atoms with E-state index in [0.717, 1.165) is 5.56 Å². The molecule has 23 heavy (non-hydrogen) atoms. The van der Waals surface area contributed by atoms with Crippen molar-refractivity contribution in [1.29, 1.82) is 0 Å². The second-order valence-electron chi connectivity index (χ2n) is 5.28. The summed E-state index contributed by atoms with van der Waals surface area (Å²) in [6, 6.07) is 9.76. The van der Waals surface area contributed by atoms with Gasteiger partial charge in [0.15, 0.2) is 5.65 Å². The van der Waals surface area contributed by atoms with E-state index in [9.17, 15) is 9.59 Å². The van der Waals surface area contributed by atoms with Crippen LogP contribution in [0.1, 0.15) is 26.3 Å². The number of hydrogen-bond donors (Lipinski definition) is 1. The molecule has 0 fully saturated rings. The summed E-state index contributed by atoms with van der Waals surface area (Å²) in [4.78, 5) is 30.8. The molecule has 0 saturated carbocycles. The summed E-state index contributed by atoms with van der Waals surface area (Å²) in [7, 11) is 0. The molecule has 2 amide bonds. The Morgan fingerprint density at radius 3 is 2.61 bits per heavy atom. The van der Waals surface area contributed by atoms with E-state index >= 15 is 0 Å². The number of imide groups is 1. The molecule has 1 aromatic carbocycles. The van der Waals surface area contributed by atoms with Crippen molar-refractivity contribution in [3.63, 3.8) is 0 Å². The predicted molar refractivity (Wildman–Crippen MR) is 87.1 cm³/mol. The Morgan fingerprint density at radius 1 is 1.09 bits per heavy atom. The minimum Gasteiger partial charge on any atom is -0.274 e. The number of fused-ring (bicyclic) bond motifs is 3. The molecular formula is C16H11BrN4O2. The number of rotatable bonds is 3. The highest BCUT2D eigenvalue weighted by molar-refractivity contribution is 9.10. The van der Waals surface area contributed by atoms with E-state index in [0.29, 0.717) is 39.7 Å². The third kappa shape index (κ3) is 2.16. The largest absolute Gasteiger partial charge is 0.274 e. The maximum atomic E-state index is 12.7. The molecule has 2 aromatic heterocycles. The van der Waals surface area contributed by atoms with Crippen molar-refractivity contribution in [3.05, 3.63) is 57.8 Å². The van der Waals surface area contributed by atoms with Crippen LogP contribution in [0, 0.1) is 0 Å². The first-order valence-corrected chi connectivity index (χ1v) is 7.89. The van der Waals surface area contributed by atoms with Crippen LogP contribution in [0.25, 0.3) is 11.0 Å². The van der Waals surface area contributed by atoms with E-state index in [-0.39, 0.29) is 11.8 Å². The van der Waals surface area contributed by atoms with Crippen molar-refractivity contribution in [2.75, 3.05) is 6.54 Å². The monoisotopic (exact) mass is 370 g/mol. The molecule has 0 atom stereocenters. The Kier molecular flexibility index (Phi) is 3.23. The highest BCUT2D eigenvalue weighted by Crippen LogP contribution is 2.33. The number of pyridine rings is 1. The topological polar surface area (TPSA) is 79.0 Å². The van der Waals surface area contributed by atoms with Crippen molar-refractivity contribution in [2.45, 2.75) is 6.42 Å². The van der Waals surface area contributed by atoms with Crippen molar-refractivity contribution in [1.82, 2.24) is 20.1 Å². The average Bonchev–Trinajstić information content (AvgIpc) is 3.10. The number of benzene rings is 1. The Balaban J connectivity index is 1.70. The zero-order chi connectivity index (χ0) is 16.0. The van der Waals surface area contributed by atoms with Crippen LogP contribution in [0.5, 0.6) is 0 Å².